The second kappa shape index (κ2) is 8.66. The molecule has 0 aliphatic carbocycles. The van der Waals surface area contributed by atoms with Gasteiger partial charge in [-0.2, -0.15) is 0 Å². The molecule has 0 radical (unpaired) electrons. The predicted molar refractivity (Wildman–Crippen MR) is 116 cm³/mol. The molecule has 2 aromatic carbocycles. The highest BCUT2D eigenvalue weighted by atomic mass is 35.5. The number of carbonyl (C=O) groups is 1. The zero-order valence-corrected chi connectivity index (χ0v) is 18.0. The molecule has 1 fully saturated rings. The molecule has 0 amide bonds. The SMILES string of the molecule is O=CCCN1CCC2(CC1)COc1cc(SCc3c(Cl)cccc3Cl)ccc12. The highest BCUT2D eigenvalue weighted by Gasteiger charge is 2.42. The van der Waals surface area contributed by atoms with Crippen molar-refractivity contribution < 1.29 is 9.53 Å². The Bertz CT molecular complexity index is 845. The molecule has 0 aromatic heterocycles. The third-order valence-electron chi connectivity index (χ3n) is 5.85. The van der Waals surface area contributed by atoms with Gasteiger partial charge in [0.2, 0.25) is 0 Å². The number of likely N-dealkylation sites (tertiary alicyclic amines) is 1. The summed E-state index contributed by atoms with van der Waals surface area (Å²) in [6.45, 7) is 3.68. The van der Waals surface area contributed by atoms with Crippen LogP contribution in [-0.2, 0) is 16.0 Å². The highest BCUT2D eigenvalue weighted by Crippen LogP contribution is 2.47. The molecule has 2 aromatic rings. The Labute approximate surface area is 180 Å². The van der Waals surface area contributed by atoms with Gasteiger partial charge in [-0.15, -0.1) is 11.8 Å². The third-order valence-corrected chi connectivity index (χ3v) is 7.58. The fourth-order valence-electron chi connectivity index (χ4n) is 4.12. The lowest BCUT2D eigenvalue weighted by Gasteiger charge is -2.38. The molecule has 1 saturated heterocycles. The van der Waals surface area contributed by atoms with Gasteiger partial charge in [-0.05, 0) is 55.8 Å². The van der Waals surface area contributed by atoms with Crippen LogP contribution in [-0.4, -0.2) is 37.4 Å². The first-order chi connectivity index (χ1) is 13.6. The van der Waals surface area contributed by atoms with E-state index < -0.39 is 0 Å². The second-order valence-corrected chi connectivity index (χ2v) is 9.38. The fraction of sp³-hybridized carbons (Fsp3) is 0.409. The van der Waals surface area contributed by atoms with Crippen LogP contribution < -0.4 is 4.74 Å². The minimum Gasteiger partial charge on any atom is -0.492 e. The molecular weight excluding hydrogens is 413 g/mol. The summed E-state index contributed by atoms with van der Waals surface area (Å²) in [5.41, 5.74) is 2.43. The van der Waals surface area contributed by atoms with Crippen LogP contribution in [0.15, 0.2) is 41.3 Å². The minimum absolute atomic E-state index is 0.127. The highest BCUT2D eigenvalue weighted by molar-refractivity contribution is 7.98. The van der Waals surface area contributed by atoms with Gasteiger partial charge in [-0.1, -0.05) is 35.3 Å². The Morgan fingerprint density at radius 3 is 2.61 bits per heavy atom. The van der Waals surface area contributed by atoms with Gasteiger partial charge in [-0.25, -0.2) is 0 Å². The molecule has 0 atom stereocenters. The van der Waals surface area contributed by atoms with Gasteiger partial charge in [0.1, 0.15) is 12.0 Å². The van der Waals surface area contributed by atoms with Crippen molar-refractivity contribution in [3.63, 3.8) is 0 Å². The number of halogens is 2. The molecule has 6 heteroatoms. The van der Waals surface area contributed by atoms with Gasteiger partial charge >= 0.3 is 0 Å². The summed E-state index contributed by atoms with van der Waals surface area (Å²) >= 11 is 14.3. The Morgan fingerprint density at radius 2 is 1.89 bits per heavy atom. The van der Waals surface area contributed by atoms with Gasteiger partial charge in [0.25, 0.3) is 0 Å². The number of aldehydes is 1. The summed E-state index contributed by atoms with van der Waals surface area (Å²) in [6, 6.07) is 12.2. The predicted octanol–water partition coefficient (Wildman–Crippen LogP) is 5.60. The molecule has 28 heavy (non-hydrogen) atoms. The number of rotatable bonds is 6. The maximum absolute atomic E-state index is 10.6. The van der Waals surface area contributed by atoms with Crippen molar-refractivity contribution in [3.8, 4) is 5.75 Å². The normalized spacial score (nSPS) is 18.1. The molecule has 3 nitrogen and oxygen atoms in total. The van der Waals surface area contributed by atoms with Crippen molar-refractivity contribution in [1.29, 1.82) is 0 Å². The topological polar surface area (TPSA) is 29.5 Å². The number of fused-ring (bicyclic) bond motifs is 2. The number of nitrogens with zero attached hydrogens (tertiary/aromatic N) is 1. The number of benzene rings is 2. The van der Waals surface area contributed by atoms with E-state index in [0.717, 1.165) is 67.3 Å². The van der Waals surface area contributed by atoms with E-state index in [1.165, 1.54) is 5.56 Å². The van der Waals surface area contributed by atoms with Crippen molar-refractivity contribution in [2.75, 3.05) is 26.2 Å². The first-order valence-electron chi connectivity index (χ1n) is 9.60. The van der Waals surface area contributed by atoms with Gasteiger partial charge < -0.3 is 14.4 Å². The Morgan fingerprint density at radius 1 is 1.14 bits per heavy atom. The van der Waals surface area contributed by atoms with Crippen molar-refractivity contribution in [2.24, 2.45) is 0 Å². The van der Waals surface area contributed by atoms with Crippen LogP contribution in [0.5, 0.6) is 5.75 Å². The molecule has 1 spiro atoms. The Hall–Kier alpha value is -1.20. The lowest BCUT2D eigenvalue weighted by atomic mass is 9.74. The average Bonchev–Trinajstić information content (AvgIpc) is 3.05. The smallest absolute Gasteiger partial charge is 0.124 e. The summed E-state index contributed by atoms with van der Waals surface area (Å²) < 4.78 is 6.11. The van der Waals surface area contributed by atoms with Gasteiger partial charge in [0, 0.05) is 44.6 Å². The van der Waals surface area contributed by atoms with E-state index in [4.69, 9.17) is 27.9 Å². The monoisotopic (exact) mass is 435 g/mol. The maximum Gasteiger partial charge on any atom is 0.124 e. The minimum atomic E-state index is 0.127. The van der Waals surface area contributed by atoms with Crippen LogP contribution in [0.1, 0.15) is 30.4 Å². The number of carbonyl (C=O) groups excluding carboxylic acids is 1. The first-order valence-corrected chi connectivity index (χ1v) is 11.3. The van der Waals surface area contributed by atoms with Crippen LogP contribution in [0, 0.1) is 0 Å². The van der Waals surface area contributed by atoms with E-state index in [1.54, 1.807) is 11.8 Å². The quantitative estimate of drug-likeness (QED) is 0.436. The van der Waals surface area contributed by atoms with E-state index in [-0.39, 0.29) is 5.41 Å². The van der Waals surface area contributed by atoms with Crippen LogP contribution in [0.4, 0.5) is 0 Å². The number of piperidine rings is 1. The van der Waals surface area contributed by atoms with Gasteiger partial charge in [0.15, 0.2) is 0 Å². The van der Waals surface area contributed by atoms with Crippen molar-refractivity contribution in [3.05, 3.63) is 57.6 Å². The van der Waals surface area contributed by atoms with Crippen molar-refractivity contribution >= 4 is 41.2 Å². The number of hydrogen-bond acceptors (Lipinski definition) is 4. The Kier molecular flexibility index (Phi) is 6.21. The average molecular weight is 436 g/mol. The number of thioether (sulfide) groups is 1. The molecule has 4 rings (SSSR count). The van der Waals surface area contributed by atoms with Crippen LogP contribution in [0.25, 0.3) is 0 Å². The Balaban J connectivity index is 1.43. The number of hydrogen-bond donors (Lipinski definition) is 0. The molecule has 0 bridgehead atoms. The van der Waals surface area contributed by atoms with E-state index >= 15 is 0 Å². The zero-order chi connectivity index (χ0) is 19.6. The second-order valence-electron chi connectivity index (χ2n) is 7.51. The molecule has 2 aliphatic rings. The van der Waals surface area contributed by atoms with E-state index in [2.05, 4.69) is 23.1 Å². The van der Waals surface area contributed by atoms with Crippen molar-refractivity contribution in [2.45, 2.75) is 35.3 Å². The lowest BCUT2D eigenvalue weighted by molar-refractivity contribution is -0.108. The summed E-state index contributed by atoms with van der Waals surface area (Å²) in [4.78, 5) is 14.2. The lowest BCUT2D eigenvalue weighted by Crippen LogP contribution is -2.43. The van der Waals surface area contributed by atoms with Gasteiger partial charge in [-0.3, -0.25) is 0 Å². The first kappa shape index (κ1) is 20.1. The summed E-state index contributed by atoms with van der Waals surface area (Å²) in [6.07, 6.45) is 3.80. The molecule has 0 N–H and O–H groups in total. The van der Waals surface area contributed by atoms with E-state index in [0.29, 0.717) is 16.5 Å². The number of ether oxygens (including phenoxy) is 1. The van der Waals surface area contributed by atoms with E-state index in [1.807, 2.05) is 18.2 Å². The summed E-state index contributed by atoms with van der Waals surface area (Å²) in [5.74, 6) is 1.74. The molecule has 2 aliphatic heterocycles. The van der Waals surface area contributed by atoms with Crippen LogP contribution in [0.3, 0.4) is 0 Å². The van der Waals surface area contributed by atoms with Crippen LogP contribution >= 0.6 is 35.0 Å². The standard InChI is InChI=1S/C22H23Cl2NO2S/c23-19-3-1-4-20(24)17(19)14-28-16-5-6-18-21(13-16)27-15-22(18)7-10-25(11-8-22)9-2-12-26/h1,3-6,12-13H,2,7-11,14-15H2. The molecular formula is C22H23Cl2NO2S. The van der Waals surface area contributed by atoms with Crippen molar-refractivity contribution in [1.82, 2.24) is 4.90 Å². The van der Waals surface area contributed by atoms with Crippen LogP contribution in [0.2, 0.25) is 10.0 Å². The molecule has 0 saturated carbocycles. The van der Waals surface area contributed by atoms with Gasteiger partial charge in [0.05, 0.1) is 6.61 Å². The maximum atomic E-state index is 10.6. The summed E-state index contributed by atoms with van der Waals surface area (Å²) in [5, 5.41) is 1.41. The molecule has 148 valence electrons. The summed E-state index contributed by atoms with van der Waals surface area (Å²) in [7, 11) is 0. The molecule has 2 heterocycles. The zero-order valence-electron chi connectivity index (χ0n) is 15.6. The largest absolute Gasteiger partial charge is 0.492 e. The fourth-order valence-corrected chi connectivity index (χ4v) is 5.79. The van der Waals surface area contributed by atoms with E-state index in [9.17, 15) is 4.79 Å². The molecule has 0 unspecified atom stereocenters. The third kappa shape index (κ3) is 4.06.